The van der Waals surface area contributed by atoms with Crippen LogP contribution in [-0.4, -0.2) is 43.1 Å². The van der Waals surface area contributed by atoms with Gasteiger partial charge in [-0.05, 0) is 30.9 Å². The minimum Gasteiger partial charge on any atom is -0.354 e. The number of carbonyl (C=O) groups is 1. The largest absolute Gasteiger partial charge is 0.354 e. The first-order chi connectivity index (χ1) is 10.8. The van der Waals surface area contributed by atoms with Crippen molar-refractivity contribution in [3.8, 4) is 0 Å². The second-order valence-corrected chi connectivity index (χ2v) is 5.79. The van der Waals surface area contributed by atoms with Crippen LogP contribution in [0.2, 0.25) is 0 Å². The van der Waals surface area contributed by atoms with E-state index in [1.807, 2.05) is 17.0 Å². The average Bonchev–Trinajstić information content (AvgIpc) is 3.30. The highest BCUT2D eigenvalue weighted by atomic mass is 16.2. The quantitative estimate of drug-likeness (QED) is 0.920. The molecule has 2 aromatic rings. The smallest absolute Gasteiger partial charge is 0.294 e. The number of aryl methyl sites for hydroxylation is 1. The molecule has 1 aliphatic heterocycles. The molecule has 7 heteroatoms. The molecule has 0 spiro atoms. The first kappa shape index (κ1) is 13.2. The van der Waals surface area contributed by atoms with Gasteiger partial charge in [0.15, 0.2) is 0 Å². The number of amides is 1. The molecule has 114 valence electrons. The maximum atomic E-state index is 12.8. The van der Waals surface area contributed by atoms with Crippen molar-refractivity contribution < 1.29 is 4.79 Å². The first-order valence-electron chi connectivity index (χ1n) is 7.70. The van der Waals surface area contributed by atoms with Crippen molar-refractivity contribution in [1.82, 2.24) is 24.6 Å². The number of nitrogens with one attached hydrogen (secondary N) is 1. The number of carbonyl (C=O) groups excluding carboxylic acids is 1. The van der Waals surface area contributed by atoms with Crippen LogP contribution in [0.25, 0.3) is 0 Å². The Morgan fingerprint density at radius 1 is 1.45 bits per heavy atom. The van der Waals surface area contributed by atoms with Gasteiger partial charge in [0.25, 0.3) is 5.91 Å². The summed E-state index contributed by atoms with van der Waals surface area (Å²) in [5.74, 6) is 0.905. The summed E-state index contributed by atoms with van der Waals surface area (Å²) in [5.41, 5.74) is 1.03. The summed E-state index contributed by atoms with van der Waals surface area (Å²) in [6.45, 7) is 2.26. The second kappa shape index (κ2) is 5.40. The van der Waals surface area contributed by atoms with Crippen LogP contribution >= 0.6 is 0 Å². The maximum absolute atomic E-state index is 12.8. The molecule has 2 aromatic heterocycles. The van der Waals surface area contributed by atoms with Crippen LogP contribution in [0.15, 0.2) is 24.5 Å². The standard InChI is InChI=1S/C15H18N6O/c22-14(13-18-15-17-7-2-8-21(15)19-13)20(12-4-5-12)10-11-3-1-6-16-9-11/h1,3,6,9,12H,2,4-5,7-8,10H2,(H,17,18,19). The SMILES string of the molecule is O=C(c1nc2n(n1)CCCN2)N(Cc1cccnc1)C1CC1. The normalized spacial score (nSPS) is 16.7. The lowest BCUT2D eigenvalue weighted by Gasteiger charge is -2.20. The van der Waals surface area contributed by atoms with Crippen LogP contribution in [0.3, 0.4) is 0 Å². The van der Waals surface area contributed by atoms with Crippen molar-refractivity contribution in [3.05, 3.63) is 35.9 Å². The van der Waals surface area contributed by atoms with Gasteiger partial charge in [-0.1, -0.05) is 6.07 Å². The minimum atomic E-state index is -0.0879. The van der Waals surface area contributed by atoms with Crippen LogP contribution in [0.4, 0.5) is 5.95 Å². The zero-order valence-electron chi connectivity index (χ0n) is 12.3. The van der Waals surface area contributed by atoms with Crippen molar-refractivity contribution >= 4 is 11.9 Å². The summed E-state index contributed by atoms with van der Waals surface area (Å²) in [6.07, 6.45) is 6.65. The topological polar surface area (TPSA) is 75.9 Å². The van der Waals surface area contributed by atoms with Gasteiger partial charge in [-0.25, -0.2) is 4.68 Å². The molecule has 1 saturated carbocycles. The van der Waals surface area contributed by atoms with E-state index in [2.05, 4.69) is 20.4 Å². The second-order valence-electron chi connectivity index (χ2n) is 5.79. The van der Waals surface area contributed by atoms with Gasteiger partial charge in [-0.15, -0.1) is 5.10 Å². The fourth-order valence-corrected chi connectivity index (χ4v) is 2.72. The predicted molar refractivity (Wildman–Crippen MR) is 80.3 cm³/mol. The van der Waals surface area contributed by atoms with Gasteiger partial charge in [0.1, 0.15) is 0 Å². The molecule has 0 saturated heterocycles. The lowest BCUT2D eigenvalue weighted by atomic mass is 10.2. The van der Waals surface area contributed by atoms with Crippen LogP contribution in [0.5, 0.6) is 0 Å². The molecular weight excluding hydrogens is 280 g/mol. The average molecular weight is 298 g/mol. The Morgan fingerprint density at radius 3 is 3.09 bits per heavy atom. The van der Waals surface area contributed by atoms with E-state index in [1.165, 1.54) is 0 Å². The van der Waals surface area contributed by atoms with Gasteiger partial charge in [-0.3, -0.25) is 9.78 Å². The molecule has 1 fully saturated rings. The number of pyridine rings is 1. The summed E-state index contributed by atoms with van der Waals surface area (Å²) in [6, 6.07) is 4.19. The first-order valence-corrected chi connectivity index (χ1v) is 7.70. The summed E-state index contributed by atoms with van der Waals surface area (Å²) < 4.78 is 1.78. The molecule has 2 aliphatic rings. The Hall–Kier alpha value is -2.44. The fourth-order valence-electron chi connectivity index (χ4n) is 2.72. The molecule has 4 rings (SSSR count). The highest BCUT2D eigenvalue weighted by Crippen LogP contribution is 2.29. The summed E-state index contributed by atoms with van der Waals surface area (Å²) in [4.78, 5) is 23.1. The number of aromatic nitrogens is 4. The number of rotatable bonds is 4. The lowest BCUT2D eigenvalue weighted by Crippen LogP contribution is -2.33. The Labute approximate surface area is 128 Å². The monoisotopic (exact) mass is 298 g/mol. The van der Waals surface area contributed by atoms with Gasteiger partial charge >= 0.3 is 0 Å². The van der Waals surface area contributed by atoms with Crippen molar-refractivity contribution in [3.63, 3.8) is 0 Å². The molecule has 3 heterocycles. The molecule has 7 nitrogen and oxygen atoms in total. The molecule has 22 heavy (non-hydrogen) atoms. The lowest BCUT2D eigenvalue weighted by molar-refractivity contribution is 0.0717. The summed E-state index contributed by atoms with van der Waals surface area (Å²) in [5, 5.41) is 7.54. The van der Waals surface area contributed by atoms with Crippen LogP contribution in [0, 0.1) is 0 Å². The molecule has 0 bridgehead atoms. The van der Waals surface area contributed by atoms with Crippen molar-refractivity contribution in [2.24, 2.45) is 0 Å². The van der Waals surface area contributed by atoms with Gasteiger partial charge in [0.05, 0.1) is 0 Å². The summed E-state index contributed by atoms with van der Waals surface area (Å²) >= 11 is 0. The minimum absolute atomic E-state index is 0.0879. The fraction of sp³-hybridized carbons (Fsp3) is 0.467. The third-order valence-electron chi connectivity index (χ3n) is 4.02. The number of hydrogen-bond donors (Lipinski definition) is 1. The van der Waals surface area contributed by atoms with Crippen molar-refractivity contribution in [2.75, 3.05) is 11.9 Å². The Kier molecular flexibility index (Phi) is 3.25. The Morgan fingerprint density at radius 2 is 2.36 bits per heavy atom. The Balaban J connectivity index is 1.57. The van der Waals surface area contributed by atoms with Crippen molar-refractivity contribution in [1.29, 1.82) is 0 Å². The number of anilines is 1. The third kappa shape index (κ3) is 2.54. The van der Waals surface area contributed by atoms with Gasteiger partial charge < -0.3 is 10.2 Å². The van der Waals surface area contributed by atoms with Gasteiger partial charge in [0, 0.05) is 38.1 Å². The Bertz CT molecular complexity index is 655. The highest BCUT2D eigenvalue weighted by molar-refractivity contribution is 5.91. The van der Waals surface area contributed by atoms with E-state index >= 15 is 0 Å². The van der Waals surface area contributed by atoms with Gasteiger partial charge in [-0.2, -0.15) is 4.98 Å². The zero-order chi connectivity index (χ0) is 14.9. The van der Waals surface area contributed by atoms with Crippen molar-refractivity contribution in [2.45, 2.75) is 38.4 Å². The van der Waals surface area contributed by atoms with E-state index < -0.39 is 0 Å². The molecule has 1 amide bonds. The van der Waals surface area contributed by atoms with E-state index in [-0.39, 0.29) is 5.91 Å². The number of nitrogens with zero attached hydrogens (tertiary/aromatic N) is 5. The third-order valence-corrected chi connectivity index (χ3v) is 4.02. The number of fused-ring (bicyclic) bond motifs is 1. The molecule has 1 N–H and O–H groups in total. The zero-order valence-corrected chi connectivity index (χ0v) is 12.3. The molecule has 0 atom stereocenters. The predicted octanol–water partition coefficient (Wildman–Crippen LogP) is 1.29. The maximum Gasteiger partial charge on any atom is 0.294 e. The van der Waals surface area contributed by atoms with E-state index in [1.54, 1.807) is 17.1 Å². The van der Waals surface area contributed by atoms with E-state index in [0.717, 1.165) is 37.9 Å². The van der Waals surface area contributed by atoms with E-state index in [9.17, 15) is 4.79 Å². The van der Waals surface area contributed by atoms with Crippen LogP contribution in [-0.2, 0) is 13.1 Å². The van der Waals surface area contributed by atoms with Crippen LogP contribution < -0.4 is 5.32 Å². The van der Waals surface area contributed by atoms with Crippen LogP contribution in [0.1, 0.15) is 35.4 Å². The molecule has 0 radical (unpaired) electrons. The summed E-state index contributed by atoms with van der Waals surface area (Å²) in [7, 11) is 0. The molecule has 1 aliphatic carbocycles. The van der Waals surface area contributed by atoms with E-state index in [4.69, 9.17) is 0 Å². The number of hydrogen-bond acceptors (Lipinski definition) is 5. The van der Waals surface area contributed by atoms with E-state index in [0.29, 0.717) is 24.4 Å². The van der Waals surface area contributed by atoms with Gasteiger partial charge in [0.2, 0.25) is 11.8 Å². The molecular formula is C15H18N6O. The highest BCUT2D eigenvalue weighted by Gasteiger charge is 2.35. The molecule has 0 aromatic carbocycles. The molecule has 0 unspecified atom stereocenters.